The zero-order valence-corrected chi connectivity index (χ0v) is 22.4. The van der Waals surface area contributed by atoms with Gasteiger partial charge in [0.2, 0.25) is 0 Å². The lowest BCUT2D eigenvalue weighted by molar-refractivity contribution is -0.117. The Balaban J connectivity index is 1.66. The van der Waals surface area contributed by atoms with Crippen LogP contribution in [0.15, 0.2) is 58.5 Å². The van der Waals surface area contributed by atoms with Gasteiger partial charge in [-0.25, -0.2) is 0 Å². The third-order valence-electron chi connectivity index (χ3n) is 6.68. The van der Waals surface area contributed by atoms with Crippen molar-refractivity contribution in [3.63, 3.8) is 0 Å². The Morgan fingerprint density at radius 2 is 1.74 bits per heavy atom. The molecular formula is C28H28N4O6S. The van der Waals surface area contributed by atoms with Crippen LogP contribution in [0, 0.1) is 4.91 Å². The fraction of sp³-hybridized carbons (Fsp3) is 0.286. The van der Waals surface area contributed by atoms with E-state index < -0.39 is 35.2 Å². The SMILES string of the molecule is CCN(CC)C(=O)c1ccccc1-c1ccc(Cn2c3c(c(O)c(C(=O)NCC(=O)N=O)c2=O)CSC3)cc1. The number of fused-ring (bicyclic) bond motifs is 1. The number of benzene rings is 2. The molecule has 2 aromatic carbocycles. The number of carbonyl (C=O) groups is 3. The van der Waals surface area contributed by atoms with Crippen molar-refractivity contribution in [2.75, 3.05) is 19.6 Å². The number of amides is 3. The molecule has 3 aromatic rings. The van der Waals surface area contributed by atoms with Gasteiger partial charge in [-0.15, -0.1) is 4.91 Å². The number of nitroso groups, excluding NO2 is 1. The van der Waals surface area contributed by atoms with Crippen molar-refractivity contribution in [2.24, 2.45) is 5.18 Å². The number of pyridine rings is 1. The smallest absolute Gasteiger partial charge is 0.305 e. The fourth-order valence-electron chi connectivity index (χ4n) is 4.60. The topological polar surface area (TPSA) is 138 Å². The minimum atomic E-state index is -1.10. The predicted molar refractivity (Wildman–Crippen MR) is 149 cm³/mol. The number of aromatic nitrogens is 1. The molecule has 3 amide bonds. The summed E-state index contributed by atoms with van der Waals surface area (Å²) in [4.78, 5) is 62.4. The van der Waals surface area contributed by atoms with E-state index in [1.165, 1.54) is 16.3 Å². The maximum atomic E-state index is 13.4. The summed E-state index contributed by atoms with van der Waals surface area (Å²) in [6, 6.07) is 14.9. The number of nitrogens with zero attached hydrogens (tertiary/aromatic N) is 3. The van der Waals surface area contributed by atoms with Crippen LogP contribution in [-0.2, 0) is 22.8 Å². The van der Waals surface area contributed by atoms with E-state index in [1.54, 1.807) is 4.90 Å². The lowest BCUT2D eigenvalue weighted by Gasteiger charge is -2.20. The van der Waals surface area contributed by atoms with Crippen LogP contribution in [0.1, 0.15) is 51.4 Å². The van der Waals surface area contributed by atoms with Crippen molar-refractivity contribution in [1.29, 1.82) is 0 Å². The van der Waals surface area contributed by atoms with Gasteiger partial charge in [-0.05, 0) is 36.6 Å². The molecule has 4 rings (SSSR count). The van der Waals surface area contributed by atoms with Crippen LogP contribution in [-0.4, -0.2) is 51.9 Å². The first-order chi connectivity index (χ1) is 18.8. The van der Waals surface area contributed by atoms with Crippen LogP contribution in [0.25, 0.3) is 11.1 Å². The normalized spacial score (nSPS) is 12.1. The van der Waals surface area contributed by atoms with Crippen LogP contribution in [0.4, 0.5) is 0 Å². The second kappa shape index (κ2) is 12.1. The largest absolute Gasteiger partial charge is 0.507 e. The summed E-state index contributed by atoms with van der Waals surface area (Å²) in [6.45, 7) is 4.57. The highest BCUT2D eigenvalue weighted by Crippen LogP contribution is 2.36. The molecule has 0 saturated heterocycles. The average molecular weight is 549 g/mol. The number of aromatic hydroxyl groups is 1. The van der Waals surface area contributed by atoms with Gasteiger partial charge < -0.3 is 19.9 Å². The number of thioether (sulfide) groups is 1. The Morgan fingerprint density at radius 3 is 2.41 bits per heavy atom. The minimum absolute atomic E-state index is 0.0418. The Hall–Kier alpha value is -4.25. The minimum Gasteiger partial charge on any atom is -0.507 e. The lowest BCUT2D eigenvalue weighted by Crippen LogP contribution is -2.36. The lowest BCUT2D eigenvalue weighted by atomic mass is 9.97. The molecule has 1 aliphatic rings. The van der Waals surface area contributed by atoms with E-state index in [4.69, 9.17) is 0 Å². The molecule has 0 spiro atoms. The molecule has 0 atom stereocenters. The Kier molecular flexibility index (Phi) is 8.60. The summed E-state index contributed by atoms with van der Waals surface area (Å²) in [6.07, 6.45) is 0. The van der Waals surface area contributed by atoms with E-state index in [2.05, 4.69) is 10.5 Å². The monoisotopic (exact) mass is 548 g/mol. The summed E-state index contributed by atoms with van der Waals surface area (Å²) in [5.74, 6) is -1.59. The molecule has 1 aromatic heterocycles. The molecule has 11 heteroatoms. The van der Waals surface area contributed by atoms with E-state index >= 15 is 0 Å². The summed E-state index contributed by atoms with van der Waals surface area (Å²) < 4.78 is 1.45. The van der Waals surface area contributed by atoms with E-state index in [0.717, 1.165) is 16.7 Å². The molecule has 0 saturated carbocycles. The van der Waals surface area contributed by atoms with Crippen molar-refractivity contribution in [3.05, 3.63) is 91.7 Å². The third-order valence-corrected chi connectivity index (χ3v) is 7.65. The van der Waals surface area contributed by atoms with Crippen LogP contribution >= 0.6 is 11.8 Å². The Bertz CT molecular complexity index is 1500. The second-order valence-electron chi connectivity index (χ2n) is 8.92. The van der Waals surface area contributed by atoms with Gasteiger partial charge in [-0.2, -0.15) is 11.8 Å². The van der Waals surface area contributed by atoms with Crippen molar-refractivity contribution >= 4 is 29.5 Å². The van der Waals surface area contributed by atoms with Gasteiger partial charge in [-0.1, -0.05) is 42.5 Å². The number of hydrogen-bond acceptors (Lipinski definition) is 7. The molecule has 2 heterocycles. The summed E-state index contributed by atoms with van der Waals surface area (Å²) in [5.41, 5.74) is 2.99. The standard InChI is InChI=1S/C28H28N4O6S/c1-3-31(4-2)27(36)20-8-6-5-7-19(20)18-11-9-17(10-12-18)14-32-22-16-39-15-21(22)25(34)24(28(32)37)26(35)29-13-23(33)30-38/h5-12,34H,3-4,13-16H2,1-2H3,(H,29,35). The number of carbonyl (C=O) groups excluding carboxylic acids is 3. The highest BCUT2D eigenvalue weighted by atomic mass is 32.2. The number of nitrogens with one attached hydrogen (secondary N) is 1. The molecule has 2 N–H and O–H groups in total. The molecule has 0 aliphatic carbocycles. The van der Waals surface area contributed by atoms with E-state index in [0.29, 0.717) is 41.4 Å². The van der Waals surface area contributed by atoms with Gasteiger partial charge in [0.05, 0.1) is 6.54 Å². The highest BCUT2D eigenvalue weighted by molar-refractivity contribution is 7.98. The Labute approximate surface area is 229 Å². The van der Waals surface area contributed by atoms with Gasteiger partial charge in [0.15, 0.2) is 0 Å². The van der Waals surface area contributed by atoms with E-state index in [1.807, 2.05) is 62.4 Å². The Morgan fingerprint density at radius 1 is 1.05 bits per heavy atom. The van der Waals surface area contributed by atoms with Crippen LogP contribution in [0.3, 0.4) is 0 Å². The number of hydrogen-bond donors (Lipinski definition) is 2. The molecule has 202 valence electrons. The first-order valence-corrected chi connectivity index (χ1v) is 13.6. The molecule has 0 fully saturated rings. The first kappa shape index (κ1) is 27.8. The van der Waals surface area contributed by atoms with Crippen molar-refractivity contribution in [3.8, 4) is 16.9 Å². The van der Waals surface area contributed by atoms with Gasteiger partial charge in [-0.3, -0.25) is 19.2 Å². The van der Waals surface area contributed by atoms with E-state index in [9.17, 15) is 29.2 Å². The molecule has 0 unspecified atom stereocenters. The predicted octanol–water partition coefficient (Wildman–Crippen LogP) is 3.52. The third kappa shape index (κ3) is 5.63. The molecule has 10 nitrogen and oxygen atoms in total. The van der Waals surface area contributed by atoms with Gasteiger partial charge in [0.1, 0.15) is 17.9 Å². The first-order valence-electron chi connectivity index (χ1n) is 12.5. The zero-order chi connectivity index (χ0) is 28.1. The van der Waals surface area contributed by atoms with Gasteiger partial charge in [0, 0.05) is 46.6 Å². The molecule has 0 radical (unpaired) electrons. The van der Waals surface area contributed by atoms with Crippen molar-refractivity contribution in [1.82, 2.24) is 14.8 Å². The van der Waals surface area contributed by atoms with Crippen LogP contribution in [0.2, 0.25) is 0 Å². The second-order valence-corrected chi connectivity index (χ2v) is 9.91. The van der Waals surface area contributed by atoms with Crippen LogP contribution in [0.5, 0.6) is 5.75 Å². The summed E-state index contributed by atoms with van der Waals surface area (Å²) in [7, 11) is 0. The van der Waals surface area contributed by atoms with Crippen molar-refractivity contribution in [2.45, 2.75) is 31.9 Å². The summed E-state index contributed by atoms with van der Waals surface area (Å²) >= 11 is 1.50. The molecular weight excluding hydrogens is 520 g/mol. The van der Waals surface area contributed by atoms with Crippen molar-refractivity contribution < 1.29 is 19.5 Å². The van der Waals surface area contributed by atoms with E-state index in [-0.39, 0.29) is 12.5 Å². The average Bonchev–Trinajstić information content (AvgIpc) is 3.45. The summed E-state index contributed by atoms with van der Waals surface area (Å²) in [5, 5.41) is 15.1. The zero-order valence-electron chi connectivity index (χ0n) is 21.6. The maximum Gasteiger partial charge on any atom is 0.305 e. The van der Waals surface area contributed by atoms with Crippen LogP contribution < -0.4 is 10.9 Å². The van der Waals surface area contributed by atoms with Gasteiger partial charge in [0.25, 0.3) is 17.4 Å². The fourth-order valence-corrected chi connectivity index (χ4v) is 5.73. The molecule has 1 aliphatic heterocycles. The maximum absolute atomic E-state index is 13.4. The highest BCUT2D eigenvalue weighted by Gasteiger charge is 2.29. The number of rotatable bonds is 9. The molecule has 0 bridgehead atoms. The molecule has 39 heavy (non-hydrogen) atoms. The van der Waals surface area contributed by atoms with Gasteiger partial charge >= 0.3 is 5.91 Å². The quantitative estimate of drug-likeness (QED) is 0.390.